The monoisotopic (exact) mass is 839 g/mol. The van der Waals surface area contributed by atoms with Gasteiger partial charge in [-0.15, -0.1) is 0 Å². The second-order valence-electron chi connectivity index (χ2n) is 15.8. The van der Waals surface area contributed by atoms with Crippen molar-refractivity contribution in [2.24, 2.45) is 0 Å². The van der Waals surface area contributed by atoms with Crippen LogP contribution in [0.15, 0.2) is 133 Å². The van der Waals surface area contributed by atoms with Gasteiger partial charge in [0.25, 0.3) is 5.69 Å². The summed E-state index contributed by atoms with van der Waals surface area (Å²) in [5.74, 6) is 3.43. The summed E-state index contributed by atoms with van der Waals surface area (Å²) in [4.78, 5) is 25.1. The lowest BCUT2D eigenvalue weighted by Crippen LogP contribution is -2.17. The van der Waals surface area contributed by atoms with Gasteiger partial charge in [0, 0.05) is 12.3 Å². The number of aromatic nitrogens is 6. The van der Waals surface area contributed by atoms with Crippen LogP contribution in [0.2, 0.25) is 0 Å². The molecular formula is C51H49N7O5. The molecule has 12 nitrogen and oxygen atoms in total. The van der Waals surface area contributed by atoms with E-state index in [9.17, 15) is 20.3 Å². The number of nitro groups is 1. The summed E-state index contributed by atoms with van der Waals surface area (Å²) >= 11 is 0. The first-order valence-corrected chi connectivity index (χ1v) is 20.9. The number of phenols is 1. The third-order valence-electron chi connectivity index (χ3n) is 11.0. The number of imidazole rings is 3. The Kier molecular flexibility index (Phi) is 11.9. The molecule has 0 saturated heterocycles. The molecule has 6 aromatic carbocycles. The number of aliphatic hydroxyl groups is 1. The van der Waals surface area contributed by atoms with Crippen LogP contribution in [0.5, 0.6) is 11.5 Å². The van der Waals surface area contributed by atoms with E-state index in [4.69, 9.17) is 14.7 Å². The van der Waals surface area contributed by atoms with Crippen molar-refractivity contribution in [2.75, 3.05) is 0 Å². The van der Waals surface area contributed by atoms with Gasteiger partial charge in [0.15, 0.2) is 0 Å². The van der Waals surface area contributed by atoms with Crippen molar-refractivity contribution in [2.45, 2.75) is 66.8 Å². The molecule has 2 unspecified atom stereocenters. The summed E-state index contributed by atoms with van der Waals surface area (Å²) in [6.45, 7) is 13.0. The van der Waals surface area contributed by atoms with Crippen LogP contribution in [0.3, 0.4) is 0 Å². The van der Waals surface area contributed by atoms with E-state index in [1.807, 2.05) is 115 Å². The lowest BCUT2D eigenvalue weighted by atomic mass is 10.1. The van der Waals surface area contributed by atoms with Crippen molar-refractivity contribution in [1.29, 1.82) is 0 Å². The molecule has 318 valence electrons. The van der Waals surface area contributed by atoms with Crippen molar-refractivity contribution in [1.82, 2.24) is 28.7 Å². The number of allylic oxidation sites excluding steroid dienone is 1. The van der Waals surface area contributed by atoms with Gasteiger partial charge in [-0.2, -0.15) is 0 Å². The van der Waals surface area contributed by atoms with Gasteiger partial charge in [-0.05, 0) is 107 Å². The third-order valence-corrected chi connectivity index (χ3v) is 11.0. The highest BCUT2D eigenvalue weighted by molar-refractivity contribution is 5.88. The number of nitro benzene ring substituents is 1. The maximum atomic E-state index is 11.3. The Labute approximate surface area is 365 Å². The molecule has 0 bridgehead atoms. The lowest BCUT2D eigenvalue weighted by molar-refractivity contribution is -0.384. The van der Waals surface area contributed by atoms with Crippen molar-refractivity contribution in [3.8, 4) is 45.7 Å². The fourth-order valence-electron chi connectivity index (χ4n) is 8.12. The fraction of sp³-hybridized carbons (Fsp3) is 0.196. The van der Waals surface area contributed by atoms with Crippen molar-refractivity contribution in [3.63, 3.8) is 0 Å². The van der Waals surface area contributed by atoms with Gasteiger partial charge in [0.05, 0.1) is 73.9 Å². The van der Waals surface area contributed by atoms with E-state index in [1.54, 1.807) is 31.2 Å². The van der Waals surface area contributed by atoms with Crippen LogP contribution in [0.4, 0.5) is 5.69 Å². The Bertz CT molecular complexity index is 3160. The summed E-state index contributed by atoms with van der Waals surface area (Å²) in [5.41, 5.74) is 11.5. The number of aromatic hydroxyl groups is 1. The van der Waals surface area contributed by atoms with E-state index in [0.717, 1.165) is 73.8 Å². The summed E-state index contributed by atoms with van der Waals surface area (Å²) < 4.78 is 12.1. The number of benzene rings is 6. The van der Waals surface area contributed by atoms with E-state index in [-0.39, 0.29) is 17.5 Å². The van der Waals surface area contributed by atoms with Gasteiger partial charge in [0.1, 0.15) is 35.1 Å². The second kappa shape index (κ2) is 17.8. The molecule has 10 rings (SSSR count). The SMILES string of the molecule is CC=Cn1c(-c2ccccc2O)nc2c(C)cccc21.Cc1cccc2c1nc(-c1ccccc1[N+](=O)[O-])n2CC(C)O.Cc1cccc2c1nc1n2CC(C)Oc2ccccc2-1. The van der Waals surface area contributed by atoms with E-state index >= 15 is 0 Å². The number of fused-ring (bicyclic) bond motifs is 7. The summed E-state index contributed by atoms with van der Waals surface area (Å²) in [6.07, 6.45) is 3.48. The average Bonchev–Trinajstić information content (AvgIpc) is 3.92. The lowest BCUT2D eigenvalue weighted by Gasteiger charge is -2.13. The minimum absolute atomic E-state index is 0.00676. The summed E-state index contributed by atoms with van der Waals surface area (Å²) in [5, 5.41) is 31.2. The Balaban J connectivity index is 0.000000130. The highest BCUT2D eigenvalue weighted by Crippen LogP contribution is 2.37. The van der Waals surface area contributed by atoms with Gasteiger partial charge in [-0.25, -0.2) is 15.0 Å². The first kappa shape index (κ1) is 42.1. The Hall–Kier alpha value is -7.57. The normalized spacial score (nSPS) is 13.7. The molecule has 0 radical (unpaired) electrons. The second-order valence-corrected chi connectivity index (χ2v) is 15.8. The number of ether oxygens (including phenoxy) is 1. The molecule has 0 aliphatic carbocycles. The minimum atomic E-state index is -0.588. The average molecular weight is 840 g/mol. The Morgan fingerprint density at radius 2 is 1.25 bits per heavy atom. The zero-order chi connectivity index (χ0) is 44.4. The first-order chi connectivity index (χ1) is 30.4. The predicted octanol–water partition coefficient (Wildman–Crippen LogP) is 11.3. The van der Waals surface area contributed by atoms with Crippen molar-refractivity contribution in [3.05, 3.63) is 160 Å². The minimum Gasteiger partial charge on any atom is -0.507 e. The highest BCUT2D eigenvalue weighted by Gasteiger charge is 2.24. The summed E-state index contributed by atoms with van der Waals surface area (Å²) in [7, 11) is 0. The predicted molar refractivity (Wildman–Crippen MR) is 251 cm³/mol. The van der Waals surface area contributed by atoms with Crippen LogP contribution in [0.25, 0.3) is 73.5 Å². The third kappa shape index (κ3) is 8.28. The number of aliphatic hydroxyl groups excluding tert-OH is 1. The molecule has 9 aromatic rings. The van der Waals surface area contributed by atoms with Gasteiger partial charge >= 0.3 is 0 Å². The van der Waals surface area contributed by atoms with Gasteiger partial charge < -0.3 is 24.1 Å². The van der Waals surface area contributed by atoms with Crippen LogP contribution in [-0.2, 0) is 13.1 Å². The molecule has 0 fully saturated rings. The van der Waals surface area contributed by atoms with E-state index in [0.29, 0.717) is 17.9 Å². The molecular weight excluding hydrogens is 791 g/mol. The summed E-state index contributed by atoms with van der Waals surface area (Å²) in [6, 6.07) is 40.2. The Morgan fingerprint density at radius 3 is 1.90 bits per heavy atom. The quantitative estimate of drug-likeness (QED) is 0.124. The highest BCUT2D eigenvalue weighted by atomic mass is 16.6. The van der Waals surface area contributed by atoms with Crippen LogP contribution in [0, 0.1) is 30.9 Å². The molecule has 1 aliphatic rings. The maximum Gasteiger partial charge on any atom is 0.280 e. The fourth-order valence-corrected chi connectivity index (χ4v) is 8.12. The topological polar surface area (TPSA) is 146 Å². The maximum absolute atomic E-state index is 11.3. The van der Waals surface area contributed by atoms with Gasteiger partial charge in [-0.3, -0.25) is 14.7 Å². The number of rotatable bonds is 6. The molecule has 3 aromatic heterocycles. The number of hydrogen-bond donors (Lipinski definition) is 2. The van der Waals surface area contributed by atoms with Crippen LogP contribution in [0.1, 0.15) is 37.5 Å². The molecule has 0 amide bonds. The Morgan fingerprint density at radius 1 is 0.714 bits per heavy atom. The molecule has 1 aliphatic heterocycles. The zero-order valence-electron chi connectivity index (χ0n) is 36.1. The van der Waals surface area contributed by atoms with Crippen LogP contribution < -0.4 is 4.74 Å². The van der Waals surface area contributed by atoms with E-state index < -0.39 is 11.0 Å². The molecule has 0 spiro atoms. The molecule has 0 saturated carbocycles. The van der Waals surface area contributed by atoms with Gasteiger partial charge in [0.2, 0.25) is 0 Å². The van der Waals surface area contributed by atoms with Crippen molar-refractivity contribution < 1.29 is 19.9 Å². The number of aryl methyl sites for hydroxylation is 3. The molecule has 2 atom stereocenters. The van der Waals surface area contributed by atoms with E-state index in [2.05, 4.69) is 47.7 Å². The largest absolute Gasteiger partial charge is 0.507 e. The number of para-hydroxylation sites is 6. The first-order valence-electron chi connectivity index (χ1n) is 20.9. The van der Waals surface area contributed by atoms with Crippen LogP contribution >= 0.6 is 0 Å². The molecule has 4 heterocycles. The van der Waals surface area contributed by atoms with Crippen LogP contribution in [-0.4, -0.2) is 56.0 Å². The number of phenolic OH excluding ortho intramolecular Hbond substituents is 1. The van der Waals surface area contributed by atoms with Crippen molar-refractivity contribution >= 4 is 45.0 Å². The molecule has 2 N–H and O–H groups in total. The molecule has 63 heavy (non-hydrogen) atoms. The van der Waals surface area contributed by atoms with E-state index in [1.165, 1.54) is 17.1 Å². The number of hydrogen-bond acceptors (Lipinski definition) is 8. The van der Waals surface area contributed by atoms with Gasteiger partial charge in [-0.1, -0.05) is 78.9 Å². The number of nitrogens with zero attached hydrogens (tertiary/aromatic N) is 7. The zero-order valence-corrected chi connectivity index (χ0v) is 36.1. The smallest absolute Gasteiger partial charge is 0.280 e. The molecule has 12 heteroatoms. The standard InChI is InChI=1S/C17H17N3O3.2C17H16N2O/c1-11-6-5-9-15-16(11)18-17(19(15)10-12(2)21)13-7-3-4-8-14(13)20(22)23;1-11-6-5-8-14-16(11)18-17-13-7-3-4-9-15(13)20-12(2)10-19(14)17;1-3-11-19-14-9-6-7-12(2)16(14)18-17(19)13-8-4-5-10-15(13)20/h3-9,12,21H,10H2,1-2H3;3-9,12H,10H2,1-2H3;3-11,20H,1-2H3.